The molecule has 0 aliphatic heterocycles. The molecule has 0 fully saturated rings. The molecule has 112 valence electrons. The third-order valence-electron chi connectivity index (χ3n) is 3.05. The second-order valence-corrected chi connectivity index (χ2v) is 5.74. The third-order valence-corrected chi connectivity index (χ3v) is 3.55. The fourth-order valence-corrected chi connectivity index (χ4v) is 2.42. The SMILES string of the molecule is COCCOc1cc(C)ccc1NCc1cccc(Br)c1. The van der Waals surface area contributed by atoms with E-state index in [2.05, 4.69) is 52.4 Å². The Morgan fingerprint density at radius 3 is 2.71 bits per heavy atom. The van der Waals surface area contributed by atoms with E-state index in [1.165, 1.54) is 11.1 Å². The Bertz CT molecular complexity index is 587. The van der Waals surface area contributed by atoms with E-state index in [1.807, 2.05) is 18.2 Å². The predicted octanol–water partition coefficient (Wildman–Crippen LogP) is 4.39. The molecule has 0 spiro atoms. The van der Waals surface area contributed by atoms with Gasteiger partial charge in [0.15, 0.2) is 0 Å². The molecule has 2 rings (SSSR count). The van der Waals surface area contributed by atoms with Gasteiger partial charge in [-0.3, -0.25) is 0 Å². The number of ether oxygens (including phenoxy) is 2. The smallest absolute Gasteiger partial charge is 0.142 e. The minimum atomic E-state index is 0.547. The summed E-state index contributed by atoms with van der Waals surface area (Å²) in [6.07, 6.45) is 0. The molecule has 3 nitrogen and oxygen atoms in total. The van der Waals surface area contributed by atoms with Gasteiger partial charge < -0.3 is 14.8 Å². The average molecular weight is 350 g/mol. The zero-order valence-electron chi connectivity index (χ0n) is 12.4. The lowest BCUT2D eigenvalue weighted by atomic mass is 10.2. The molecule has 2 aromatic carbocycles. The molecular weight excluding hydrogens is 330 g/mol. The number of methoxy groups -OCH3 is 1. The van der Waals surface area contributed by atoms with Crippen LogP contribution in [-0.4, -0.2) is 20.3 Å². The molecule has 0 aromatic heterocycles. The molecule has 2 aromatic rings. The van der Waals surface area contributed by atoms with Gasteiger partial charge in [0.1, 0.15) is 12.4 Å². The van der Waals surface area contributed by atoms with Crippen LogP contribution in [0.15, 0.2) is 46.9 Å². The Kier molecular flexibility index (Phi) is 6.08. The van der Waals surface area contributed by atoms with Crippen molar-refractivity contribution in [3.8, 4) is 5.75 Å². The minimum absolute atomic E-state index is 0.547. The second-order valence-electron chi connectivity index (χ2n) is 4.82. The molecule has 0 saturated carbocycles. The highest BCUT2D eigenvalue weighted by Crippen LogP contribution is 2.26. The number of nitrogens with one attached hydrogen (secondary N) is 1. The molecular formula is C17H20BrNO2. The molecule has 0 saturated heterocycles. The molecule has 0 aliphatic rings. The highest BCUT2D eigenvalue weighted by molar-refractivity contribution is 9.10. The van der Waals surface area contributed by atoms with Crippen LogP contribution in [0.25, 0.3) is 0 Å². The average Bonchev–Trinajstić information content (AvgIpc) is 2.47. The van der Waals surface area contributed by atoms with Crippen molar-refractivity contribution in [2.24, 2.45) is 0 Å². The van der Waals surface area contributed by atoms with E-state index in [4.69, 9.17) is 9.47 Å². The van der Waals surface area contributed by atoms with Crippen molar-refractivity contribution in [1.82, 2.24) is 0 Å². The Labute approximate surface area is 134 Å². The van der Waals surface area contributed by atoms with Crippen molar-refractivity contribution in [2.45, 2.75) is 13.5 Å². The first kappa shape index (κ1) is 15.9. The van der Waals surface area contributed by atoms with Crippen LogP contribution in [0, 0.1) is 6.92 Å². The van der Waals surface area contributed by atoms with Crippen LogP contribution in [0.5, 0.6) is 5.75 Å². The summed E-state index contributed by atoms with van der Waals surface area (Å²) in [6.45, 7) is 3.94. The summed E-state index contributed by atoms with van der Waals surface area (Å²) in [7, 11) is 1.67. The van der Waals surface area contributed by atoms with Gasteiger partial charge in [-0.05, 0) is 42.3 Å². The number of rotatable bonds is 7. The summed E-state index contributed by atoms with van der Waals surface area (Å²) in [4.78, 5) is 0. The molecule has 0 atom stereocenters. The molecule has 0 bridgehead atoms. The van der Waals surface area contributed by atoms with Crippen LogP contribution in [0.3, 0.4) is 0 Å². The second kappa shape index (κ2) is 8.05. The van der Waals surface area contributed by atoms with E-state index in [-0.39, 0.29) is 0 Å². The molecule has 0 aliphatic carbocycles. The van der Waals surface area contributed by atoms with Crippen molar-refractivity contribution in [1.29, 1.82) is 0 Å². The maximum atomic E-state index is 5.77. The number of hydrogen-bond acceptors (Lipinski definition) is 3. The van der Waals surface area contributed by atoms with Crippen molar-refractivity contribution in [2.75, 3.05) is 25.6 Å². The number of hydrogen-bond donors (Lipinski definition) is 1. The lowest BCUT2D eigenvalue weighted by molar-refractivity contribution is 0.146. The lowest BCUT2D eigenvalue weighted by Gasteiger charge is -2.14. The van der Waals surface area contributed by atoms with Crippen LogP contribution < -0.4 is 10.1 Å². The zero-order chi connectivity index (χ0) is 15.1. The van der Waals surface area contributed by atoms with E-state index >= 15 is 0 Å². The molecule has 4 heteroatoms. The van der Waals surface area contributed by atoms with Gasteiger partial charge in [-0.1, -0.05) is 34.1 Å². The topological polar surface area (TPSA) is 30.5 Å². The number of halogens is 1. The first-order valence-corrected chi connectivity index (χ1v) is 7.69. The summed E-state index contributed by atoms with van der Waals surface area (Å²) in [6, 6.07) is 14.4. The Balaban J connectivity index is 2.04. The summed E-state index contributed by atoms with van der Waals surface area (Å²) < 4.78 is 11.9. The molecule has 0 heterocycles. The van der Waals surface area contributed by atoms with Gasteiger partial charge in [-0.2, -0.15) is 0 Å². The standard InChI is InChI=1S/C17H20BrNO2/c1-13-6-7-16(17(10-13)21-9-8-20-2)19-12-14-4-3-5-15(18)11-14/h3-7,10-11,19H,8-9,12H2,1-2H3. The van der Waals surface area contributed by atoms with Crippen molar-refractivity contribution in [3.05, 3.63) is 58.1 Å². The van der Waals surface area contributed by atoms with Gasteiger partial charge in [0, 0.05) is 18.1 Å². The Hall–Kier alpha value is -1.52. The summed E-state index contributed by atoms with van der Waals surface area (Å²) in [5.74, 6) is 0.863. The first-order valence-electron chi connectivity index (χ1n) is 6.90. The van der Waals surface area contributed by atoms with Crippen molar-refractivity contribution >= 4 is 21.6 Å². The molecule has 0 radical (unpaired) electrons. The summed E-state index contributed by atoms with van der Waals surface area (Å²) in [5.41, 5.74) is 3.39. The van der Waals surface area contributed by atoms with Crippen LogP contribution >= 0.6 is 15.9 Å². The van der Waals surface area contributed by atoms with Crippen LogP contribution in [0.2, 0.25) is 0 Å². The van der Waals surface area contributed by atoms with Gasteiger partial charge in [0.2, 0.25) is 0 Å². The van der Waals surface area contributed by atoms with Gasteiger partial charge in [-0.15, -0.1) is 0 Å². The number of benzene rings is 2. The largest absolute Gasteiger partial charge is 0.489 e. The van der Waals surface area contributed by atoms with Crippen molar-refractivity contribution < 1.29 is 9.47 Å². The Morgan fingerprint density at radius 1 is 1.10 bits per heavy atom. The first-order chi connectivity index (χ1) is 10.2. The van der Waals surface area contributed by atoms with Crippen molar-refractivity contribution in [3.63, 3.8) is 0 Å². The molecule has 21 heavy (non-hydrogen) atoms. The lowest BCUT2D eigenvalue weighted by Crippen LogP contribution is -2.07. The monoisotopic (exact) mass is 349 g/mol. The maximum absolute atomic E-state index is 5.77. The fraction of sp³-hybridized carbons (Fsp3) is 0.294. The summed E-state index contributed by atoms with van der Waals surface area (Å²) in [5, 5.41) is 3.42. The van der Waals surface area contributed by atoms with Gasteiger partial charge in [0.05, 0.1) is 12.3 Å². The normalized spacial score (nSPS) is 10.4. The summed E-state index contributed by atoms with van der Waals surface area (Å²) >= 11 is 3.49. The van der Waals surface area contributed by atoms with E-state index in [9.17, 15) is 0 Å². The van der Waals surface area contributed by atoms with Crippen LogP contribution in [0.4, 0.5) is 5.69 Å². The quantitative estimate of drug-likeness (QED) is 0.751. The minimum Gasteiger partial charge on any atom is -0.489 e. The highest BCUT2D eigenvalue weighted by atomic mass is 79.9. The molecule has 1 N–H and O–H groups in total. The fourth-order valence-electron chi connectivity index (χ4n) is 1.97. The van der Waals surface area contributed by atoms with Crippen LogP contribution in [-0.2, 0) is 11.3 Å². The van der Waals surface area contributed by atoms with E-state index in [1.54, 1.807) is 7.11 Å². The maximum Gasteiger partial charge on any atom is 0.142 e. The van der Waals surface area contributed by atoms with Gasteiger partial charge in [0.25, 0.3) is 0 Å². The van der Waals surface area contributed by atoms with Gasteiger partial charge in [-0.25, -0.2) is 0 Å². The zero-order valence-corrected chi connectivity index (χ0v) is 13.9. The van der Waals surface area contributed by atoms with Crippen LogP contribution in [0.1, 0.15) is 11.1 Å². The Morgan fingerprint density at radius 2 is 1.95 bits per heavy atom. The van der Waals surface area contributed by atoms with E-state index in [0.29, 0.717) is 13.2 Å². The number of aryl methyl sites for hydroxylation is 1. The molecule has 0 unspecified atom stereocenters. The highest BCUT2D eigenvalue weighted by Gasteiger charge is 2.04. The predicted molar refractivity (Wildman–Crippen MR) is 90.0 cm³/mol. The van der Waals surface area contributed by atoms with Gasteiger partial charge >= 0.3 is 0 Å². The third kappa shape index (κ3) is 5.06. The number of anilines is 1. The van der Waals surface area contributed by atoms with E-state index < -0.39 is 0 Å². The molecule has 0 amide bonds. The van der Waals surface area contributed by atoms with E-state index in [0.717, 1.165) is 22.5 Å².